The minimum atomic E-state index is -0.488. The first-order valence-electron chi connectivity index (χ1n) is 4.26. The van der Waals surface area contributed by atoms with Gasteiger partial charge in [-0.2, -0.15) is 0 Å². The van der Waals surface area contributed by atoms with E-state index in [1.54, 1.807) is 18.4 Å². The Kier molecular flexibility index (Phi) is 4.04. The third-order valence-corrected chi connectivity index (χ3v) is 2.40. The van der Waals surface area contributed by atoms with Crippen LogP contribution >= 0.6 is 11.3 Å². The summed E-state index contributed by atoms with van der Waals surface area (Å²) in [5.74, 6) is -0.432. The Balaban J connectivity index is 2.54. The van der Waals surface area contributed by atoms with Crippen LogP contribution in [0, 0.1) is 10.1 Å². The van der Waals surface area contributed by atoms with Crippen LogP contribution < -0.4 is 5.32 Å². The number of rotatable bonds is 5. The Morgan fingerprint density at radius 1 is 1.73 bits per heavy atom. The van der Waals surface area contributed by atoms with Gasteiger partial charge in [0.15, 0.2) is 0 Å². The summed E-state index contributed by atoms with van der Waals surface area (Å²) in [6, 6.07) is 1.56. The fraction of sp³-hybridized carbons (Fsp3) is 0.375. The topological polar surface area (TPSA) is 81.5 Å². The summed E-state index contributed by atoms with van der Waals surface area (Å²) in [6.07, 6.45) is 0. The molecule has 1 heterocycles. The quantitative estimate of drug-likeness (QED) is 0.472. The first-order valence-corrected chi connectivity index (χ1v) is 5.14. The molecule has 0 atom stereocenters. The maximum atomic E-state index is 11.0. The predicted octanol–water partition coefficient (Wildman–Crippen LogP) is 1.63. The van der Waals surface area contributed by atoms with E-state index in [4.69, 9.17) is 0 Å². The van der Waals surface area contributed by atoms with Crippen molar-refractivity contribution in [2.45, 2.75) is 6.92 Å². The van der Waals surface area contributed by atoms with Gasteiger partial charge in [-0.3, -0.25) is 14.9 Å². The van der Waals surface area contributed by atoms with Gasteiger partial charge in [0.1, 0.15) is 12.2 Å². The molecule has 0 fully saturated rings. The smallest absolute Gasteiger partial charge is 0.347 e. The van der Waals surface area contributed by atoms with E-state index >= 15 is 0 Å². The molecule has 1 aromatic rings. The molecule has 1 aromatic heterocycles. The Morgan fingerprint density at radius 2 is 2.47 bits per heavy atom. The third-order valence-electron chi connectivity index (χ3n) is 1.54. The molecule has 15 heavy (non-hydrogen) atoms. The van der Waals surface area contributed by atoms with Gasteiger partial charge in [-0.1, -0.05) is 11.3 Å². The van der Waals surface area contributed by atoms with Gasteiger partial charge in [0.2, 0.25) is 0 Å². The van der Waals surface area contributed by atoms with Crippen molar-refractivity contribution in [3.05, 3.63) is 21.6 Å². The summed E-state index contributed by atoms with van der Waals surface area (Å²) in [5, 5.41) is 14.8. The average Bonchev–Trinajstić information content (AvgIpc) is 2.63. The number of nitrogens with zero attached hydrogens (tertiary/aromatic N) is 1. The molecule has 0 unspecified atom stereocenters. The molecular weight excluding hydrogens is 220 g/mol. The van der Waals surface area contributed by atoms with Crippen LogP contribution in [-0.2, 0) is 9.53 Å². The maximum Gasteiger partial charge on any atom is 0.347 e. The van der Waals surface area contributed by atoms with Gasteiger partial charge in [-0.25, -0.2) is 0 Å². The highest BCUT2D eigenvalue weighted by atomic mass is 32.1. The van der Waals surface area contributed by atoms with Gasteiger partial charge in [0, 0.05) is 0 Å². The van der Waals surface area contributed by atoms with Crippen LogP contribution in [0.2, 0.25) is 0 Å². The molecule has 6 nitrogen and oxygen atoms in total. The highest BCUT2D eigenvalue weighted by Crippen LogP contribution is 2.30. The number of thiophene rings is 1. The number of carbonyl (C=O) groups excluding carboxylic acids is 1. The maximum absolute atomic E-state index is 11.0. The SMILES string of the molecule is CCOC(=O)CNc1ccsc1[N+](=O)[O-]. The summed E-state index contributed by atoms with van der Waals surface area (Å²) in [4.78, 5) is 21.0. The molecule has 0 amide bonds. The van der Waals surface area contributed by atoms with Crippen molar-refractivity contribution in [3.63, 3.8) is 0 Å². The van der Waals surface area contributed by atoms with E-state index < -0.39 is 10.9 Å². The molecule has 0 bridgehead atoms. The molecule has 0 saturated carbocycles. The van der Waals surface area contributed by atoms with Crippen LogP contribution in [0.15, 0.2) is 11.4 Å². The lowest BCUT2D eigenvalue weighted by molar-refractivity contribution is -0.379. The summed E-state index contributed by atoms with van der Waals surface area (Å²) in [7, 11) is 0. The number of hydrogen-bond donors (Lipinski definition) is 1. The lowest BCUT2D eigenvalue weighted by Crippen LogP contribution is -2.16. The van der Waals surface area contributed by atoms with Crippen molar-refractivity contribution in [2.75, 3.05) is 18.5 Å². The van der Waals surface area contributed by atoms with E-state index in [1.807, 2.05) is 0 Å². The summed E-state index contributed by atoms with van der Waals surface area (Å²) < 4.78 is 4.67. The predicted molar refractivity (Wildman–Crippen MR) is 56.1 cm³/mol. The summed E-state index contributed by atoms with van der Waals surface area (Å²) in [5.41, 5.74) is 0.345. The van der Waals surface area contributed by atoms with Crippen molar-refractivity contribution in [1.82, 2.24) is 0 Å². The minimum Gasteiger partial charge on any atom is -0.465 e. The van der Waals surface area contributed by atoms with Crippen molar-refractivity contribution < 1.29 is 14.5 Å². The molecule has 1 N–H and O–H groups in total. The van der Waals surface area contributed by atoms with Crippen molar-refractivity contribution in [2.24, 2.45) is 0 Å². The second kappa shape index (κ2) is 5.30. The number of nitrogens with one attached hydrogen (secondary N) is 1. The summed E-state index contributed by atoms with van der Waals surface area (Å²) in [6.45, 7) is 1.93. The zero-order chi connectivity index (χ0) is 11.3. The lowest BCUT2D eigenvalue weighted by Gasteiger charge is -2.03. The molecule has 0 radical (unpaired) electrons. The molecule has 0 spiro atoms. The Morgan fingerprint density at radius 3 is 3.07 bits per heavy atom. The Labute approximate surface area is 90.0 Å². The summed E-state index contributed by atoms with van der Waals surface area (Å²) >= 11 is 1.01. The van der Waals surface area contributed by atoms with Crippen LogP contribution in [0.3, 0.4) is 0 Å². The molecule has 0 aliphatic carbocycles. The molecule has 0 aliphatic rings. The van der Waals surface area contributed by atoms with Gasteiger partial charge in [-0.15, -0.1) is 0 Å². The third kappa shape index (κ3) is 3.21. The molecule has 0 aliphatic heterocycles. The van der Waals surface area contributed by atoms with Crippen molar-refractivity contribution in [3.8, 4) is 0 Å². The van der Waals surface area contributed by atoms with Crippen LogP contribution in [0.5, 0.6) is 0 Å². The van der Waals surface area contributed by atoms with Crippen LogP contribution in [-0.4, -0.2) is 24.0 Å². The first-order chi connectivity index (χ1) is 7.15. The number of anilines is 1. The zero-order valence-electron chi connectivity index (χ0n) is 8.06. The fourth-order valence-corrected chi connectivity index (χ4v) is 1.64. The minimum absolute atomic E-state index is 0.000650. The number of carbonyl (C=O) groups is 1. The fourth-order valence-electron chi connectivity index (χ4n) is 0.957. The van der Waals surface area contributed by atoms with E-state index in [0.717, 1.165) is 11.3 Å². The number of ether oxygens (including phenoxy) is 1. The van der Waals surface area contributed by atoms with Crippen LogP contribution in [0.25, 0.3) is 0 Å². The van der Waals surface area contributed by atoms with E-state index in [2.05, 4.69) is 10.1 Å². The van der Waals surface area contributed by atoms with Gasteiger partial charge < -0.3 is 10.1 Å². The standard InChI is InChI=1S/C8H10N2O4S/c1-2-14-7(11)5-9-6-3-4-15-8(6)10(12)13/h3-4,9H,2,5H2,1H3. The highest BCUT2D eigenvalue weighted by Gasteiger charge is 2.15. The normalized spacial score (nSPS) is 9.67. The van der Waals surface area contributed by atoms with Gasteiger partial charge >= 0.3 is 11.0 Å². The largest absolute Gasteiger partial charge is 0.465 e. The monoisotopic (exact) mass is 230 g/mol. The average molecular weight is 230 g/mol. The number of hydrogen-bond acceptors (Lipinski definition) is 6. The second-order valence-electron chi connectivity index (χ2n) is 2.56. The van der Waals surface area contributed by atoms with E-state index in [-0.39, 0.29) is 11.5 Å². The van der Waals surface area contributed by atoms with E-state index in [0.29, 0.717) is 12.3 Å². The molecular formula is C8H10N2O4S. The number of esters is 1. The van der Waals surface area contributed by atoms with E-state index in [1.165, 1.54) is 0 Å². The van der Waals surface area contributed by atoms with Crippen LogP contribution in [0.1, 0.15) is 6.92 Å². The first kappa shape index (κ1) is 11.4. The van der Waals surface area contributed by atoms with Gasteiger partial charge in [-0.05, 0) is 18.4 Å². The van der Waals surface area contributed by atoms with Crippen LogP contribution in [0.4, 0.5) is 10.7 Å². The van der Waals surface area contributed by atoms with Crippen molar-refractivity contribution in [1.29, 1.82) is 0 Å². The molecule has 7 heteroatoms. The second-order valence-corrected chi connectivity index (χ2v) is 3.45. The van der Waals surface area contributed by atoms with Gasteiger partial charge in [0.05, 0.1) is 11.5 Å². The highest BCUT2D eigenvalue weighted by molar-refractivity contribution is 7.14. The van der Waals surface area contributed by atoms with Gasteiger partial charge in [0.25, 0.3) is 0 Å². The lowest BCUT2D eigenvalue weighted by atomic mass is 10.4. The Bertz CT molecular complexity index is 363. The molecule has 0 saturated heterocycles. The molecule has 0 aromatic carbocycles. The van der Waals surface area contributed by atoms with Crippen molar-refractivity contribution >= 4 is 28.0 Å². The zero-order valence-corrected chi connectivity index (χ0v) is 8.87. The molecule has 82 valence electrons. The Hall–Kier alpha value is -1.63. The number of nitro groups is 1. The molecule has 1 rings (SSSR count). The van der Waals surface area contributed by atoms with E-state index in [9.17, 15) is 14.9 Å².